The number of aryl methyl sites for hydroxylation is 1. The van der Waals surface area contributed by atoms with Gasteiger partial charge in [-0.2, -0.15) is 12.6 Å². The fourth-order valence-corrected chi connectivity index (χ4v) is 4.07. The molecule has 0 aliphatic heterocycles. The Morgan fingerprint density at radius 2 is 1.62 bits per heavy atom. The smallest absolute Gasteiger partial charge is 0.408 e. The van der Waals surface area contributed by atoms with E-state index >= 15 is 0 Å². The van der Waals surface area contributed by atoms with Crippen molar-refractivity contribution in [2.45, 2.75) is 78.1 Å². The van der Waals surface area contributed by atoms with Gasteiger partial charge in [0.1, 0.15) is 17.7 Å². The molecule has 2 atom stereocenters. The first-order chi connectivity index (χ1) is 17.6. The molecule has 2 rings (SSSR count). The first-order valence-corrected chi connectivity index (χ1v) is 13.5. The Kier molecular flexibility index (Phi) is 12.0. The third-order valence-corrected chi connectivity index (χ3v) is 6.15. The molecule has 0 saturated heterocycles. The lowest BCUT2D eigenvalue weighted by atomic mass is 10.00. The summed E-state index contributed by atoms with van der Waals surface area (Å²) in [5.74, 6) is -0.602. The van der Waals surface area contributed by atoms with Gasteiger partial charge in [0.05, 0.1) is 0 Å². The molecule has 0 bridgehead atoms. The van der Waals surface area contributed by atoms with Crippen molar-refractivity contribution in [1.29, 1.82) is 0 Å². The Morgan fingerprint density at radius 3 is 2.16 bits per heavy atom. The number of hydrogen-bond acceptors (Lipinski definition) is 5. The molecule has 3 amide bonds. The Labute approximate surface area is 226 Å². The highest BCUT2D eigenvalue weighted by Crippen LogP contribution is 2.24. The Hall–Kier alpha value is -3.00. The first kappa shape index (κ1) is 30.2. The molecule has 0 aromatic heterocycles. The summed E-state index contributed by atoms with van der Waals surface area (Å²) in [5, 5.41) is 5.64. The predicted octanol–water partition coefficient (Wildman–Crippen LogP) is 5.06. The van der Waals surface area contributed by atoms with Crippen LogP contribution in [0.2, 0.25) is 0 Å². The second kappa shape index (κ2) is 14.7. The van der Waals surface area contributed by atoms with Crippen molar-refractivity contribution < 1.29 is 19.1 Å². The highest BCUT2D eigenvalue weighted by molar-refractivity contribution is 7.80. The minimum absolute atomic E-state index is 0.0633. The normalized spacial score (nSPS) is 12.8. The maximum atomic E-state index is 13.8. The lowest BCUT2D eigenvalue weighted by Crippen LogP contribution is -2.54. The summed E-state index contributed by atoms with van der Waals surface area (Å²) < 4.78 is 5.35. The molecule has 37 heavy (non-hydrogen) atoms. The standard InChI is InChI=1S/C29H41N3O4S/c1-6-8-18-32(27(34)24(20-37)31-28(35)36-29(3,4)5)25(23-16-14-21(7-2)15-17-23)26(33)30-19-22-12-10-9-11-13-22/h9-17,24-25,37H,6-8,18-20H2,1-5H3,(H,30,33)(H,31,35). The molecule has 8 heteroatoms. The van der Waals surface area contributed by atoms with Crippen LogP contribution in [0.5, 0.6) is 0 Å². The van der Waals surface area contributed by atoms with E-state index in [0.717, 1.165) is 24.0 Å². The van der Waals surface area contributed by atoms with E-state index in [0.29, 0.717) is 25.1 Å². The number of benzene rings is 2. The van der Waals surface area contributed by atoms with E-state index in [4.69, 9.17) is 4.74 Å². The van der Waals surface area contributed by atoms with Gasteiger partial charge >= 0.3 is 6.09 Å². The van der Waals surface area contributed by atoms with Crippen molar-refractivity contribution in [3.05, 3.63) is 71.3 Å². The first-order valence-electron chi connectivity index (χ1n) is 12.9. The average molecular weight is 528 g/mol. The van der Waals surface area contributed by atoms with Gasteiger partial charge in [0, 0.05) is 18.8 Å². The summed E-state index contributed by atoms with van der Waals surface area (Å²) in [6, 6.07) is 15.6. The number of carbonyl (C=O) groups is 3. The third-order valence-electron chi connectivity index (χ3n) is 5.78. The van der Waals surface area contributed by atoms with Crippen LogP contribution in [0.25, 0.3) is 0 Å². The maximum Gasteiger partial charge on any atom is 0.408 e. The zero-order valence-corrected chi connectivity index (χ0v) is 23.5. The molecule has 7 nitrogen and oxygen atoms in total. The van der Waals surface area contributed by atoms with E-state index in [9.17, 15) is 14.4 Å². The summed E-state index contributed by atoms with van der Waals surface area (Å²) in [6.45, 7) is 10.0. The summed E-state index contributed by atoms with van der Waals surface area (Å²) >= 11 is 4.33. The predicted molar refractivity (Wildman–Crippen MR) is 150 cm³/mol. The summed E-state index contributed by atoms with van der Waals surface area (Å²) in [4.78, 5) is 41.5. The van der Waals surface area contributed by atoms with Crippen molar-refractivity contribution in [2.75, 3.05) is 12.3 Å². The van der Waals surface area contributed by atoms with Crippen LogP contribution >= 0.6 is 12.6 Å². The van der Waals surface area contributed by atoms with Gasteiger partial charge in [-0.1, -0.05) is 74.9 Å². The minimum atomic E-state index is -0.950. The SMILES string of the molecule is CCCCN(C(=O)C(CS)NC(=O)OC(C)(C)C)C(C(=O)NCc1ccccc1)c1ccc(CC)cc1. The molecular formula is C29H41N3O4S. The number of thiol groups is 1. The number of amides is 3. The Balaban J connectivity index is 2.39. The number of rotatable bonds is 12. The topological polar surface area (TPSA) is 87.7 Å². The van der Waals surface area contributed by atoms with Gasteiger partial charge in [-0.15, -0.1) is 0 Å². The lowest BCUT2D eigenvalue weighted by Gasteiger charge is -2.34. The van der Waals surface area contributed by atoms with E-state index in [-0.39, 0.29) is 17.6 Å². The summed E-state index contributed by atoms with van der Waals surface area (Å²) in [6.07, 6.45) is 1.70. The van der Waals surface area contributed by atoms with Crippen molar-refractivity contribution in [3.8, 4) is 0 Å². The number of carbonyl (C=O) groups excluding carboxylic acids is 3. The van der Waals surface area contributed by atoms with Gasteiger partial charge in [0.2, 0.25) is 11.8 Å². The highest BCUT2D eigenvalue weighted by Gasteiger charge is 2.35. The van der Waals surface area contributed by atoms with Crippen molar-refractivity contribution in [1.82, 2.24) is 15.5 Å². The fraction of sp³-hybridized carbons (Fsp3) is 0.483. The second-order valence-corrected chi connectivity index (χ2v) is 10.3. The molecular weight excluding hydrogens is 486 g/mol. The van der Waals surface area contributed by atoms with Crippen LogP contribution in [0.3, 0.4) is 0 Å². The molecule has 0 aliphatic carbocycles. The molecule has 2 aromatic carbocycles. The van der Waals surface area contributed by atoms with Gasteiger partial charge < -0.3 is 20.3 Å². The number of nitrogens with one attached hydrogen (secondary N) is 2. The minimum Gasteiger partial charge on any atom is -0.444 e. The zero-order valence-electron chi connectivity index (χ0n) is 22.6. The van der Waals surface area contributed by atoms with Crippen LogP contribution in [0, 0.1) is 0 Å². The Bertz CT molecular complexity index is 1010. The molecule has 0 aliphatic rings. The van der Waals surface area contributed by atoms with Crippen molar-refractivity contribution in [2.24, 2.45) is 0 Å². The van der Waals surface area contributed by atoms with Crippen molar-refractivity contribution >= 4 is 30.5 Å². The molecule has 0 saturated carbocycles. The third kappa shape index (κ3) is 9.76. The molecule has 2 N–H and O–H groups in total. The number of ether oxygens (including phenoxy) is 1. The van der Waals surface area contributed by atoms with Crippen LogP contribution in [0.15, 0.2) is 54.6 Å². The number of hydrogen-bond donors (Lipinski definition) is 3. The Morgan fingerprint density at radius 1 is 0.973 bits per heavy atom. The largest absolute Gasteiger partial charge is 0.444 e. The fourth-order valence-electron chi connectivity index (χ4n) is 3.82. The number of nitrogens with zero attached hydrogens (tertiary/aromatic N) is 1. The van der Waals surface area contributed by atoms with Gasteiger partial charge in [-0.05, 0) is 50.3 Å². The molecule has 0 fully saturated rings. The zero-order chi connectivity index (χ0) is 27.4. The van der Waals surface area contributed by atoms with Crippen LogP contribution in [0.1, 0.15) is 70.2 Å². The molecule has 0 spiro atoms. The van der Waals surface area contributed by atoms with Crippen LogP contribution in [-0.4, -0.2) is 46.7 Å². The van der Waals surface area contributed by atoms with Crippen LogP contribution in [0.4, 0.5) is 4.79 Å². The maximum absolute atomic E-state index is 13.8. The van der Waals surface area contributed by atoms with Crippen molar-refractivity contribution in [3.63, 3.8) is 0 Å². The summed E-state index contributed by atoms with van der Waals surface area (Å²) in [7, 11) is 0. The van der Waals surface area contributed by atoms with Crippen LogP contribution < -0.4 is 10.6 Å². The quantitative estimate of drug-likeness (QED) is 0.337. The molecule has 2 aromatic rings. The lowest BCUT2D eigenvalue weighted by molar-refractivity contribution is -0.142. The van der Waals surface area contributed by atoms with E-state index in [1.807, 2.05) is 61.5 Å². The molecule has 0 radical (unpaired) electrons. The van der Waals surface area contributed by atoms with Gasteiger partial charge in [-0.25, -0.2) is 4.79 Å². The molecule has 0 heterocycles. The van der Waals surface area contributed by atoms with E-state index in [1.54, 1.807) is 25.7 Å². The van der Waals surface area contributed by atoms with E-state index in [1.165, 1.54) is 0 Å². The number of alkyl carbamates (subject to hydrolysis) is 1. The monoisotopic (exact) mass is 527 g/mol. The van der Waals surface area contributed by atoms with Gasteiger partial charge in [0.15, 0.2) is 0 Å². The van der Waals surface area contributed by atoms with Crippen LogP contribution in [-0.2, 0) is 27.3 Å². The highest BCUT2D eigenvalue weighted by atomic mass is 32.1. The molecule has 2 unspecified atom stereocenters. The van der Waals surface area contributed by atoms with E-state index in [2.05, 4.69) is 30.2 Å². The van der Waals surface area contributed by atoms with E-state index < -0.39 is 23.8 Å². The summed E-state index contributed by atoms with van der Waals surface area (Å²) in [5.41, 5.74) is 2.10. The van der Waals surface area contributed by atoms with Gasteiger partial charge in [0.25, 0.3) is 0 Å². The number of unbranched alkanes of at least 4 members (excludes halogenated alkanes) is 1. The van der Waals surface area contributed by atoms with Gasteiger partial charge in [-0.3, -0.25) is 9.59 Å². The second-order valence-electron chi connectivity index (χ2n) is 9.97. The molecule has 202 valence electrons. The average Bonchev–Trinajstić information content (AvgIpc) is 2.87.